The third kappa shape index (κ3) is 5.18. The van der Waals surface area contributed by atoms with Gasteiger partial charge in [0.05, 0.1) is 10.8 Å². The number of carbonyl (C=O) groups is 2. The van der Waals surface area contributed by atoms with Crippen molar-refractivity contribution in [2.45, 2.75) is 17.7 Å². The Hall–Kier alpha value is -3.49. The Labute approximate surface area is 200 Å². The van der Waals surface area contributed by atoms with Crippen LogP contribution in [0.3, 0.4) is 0 Å². The van der Waals surface area contributed by atoms with Gasteiger partial charge in [-0.2, -0.15) is 4.31 Å². The minimum atomic E-state index is -3.70. The Bertz CT molecular complexity index is 1200. The third-order valence-corrected chi connectivity index (χ3v) is 7.79. The fourth-order valence-electron chi connectivity index (χ4n) is 4.16. The van der Waals surface area contributed by atoms with Gasteiger partial charge in [-0.05, 0) is 35.4 Å². The monoisotopic (exact) mass is 477 g/mol. The highest BCUT2D eigenvalue weighted by molar-refractivity contribution is 7.89. The molecule has 3 aromatic carbocycles. The second kappa shape index (κ2) is 10.2. The van der Waals surface area contributed by atoms with E-state index in [-0.39, 0.29) is 29.8 Å². The molecular formula is C26H27N3O4S. The first-order chi connectivity index (χ1) is 16.4. The quantitative estimate of drug-likeness (QED) is 0.590. The van der Waals surface area contributed by atoms with E-state index < -0.39 is 15.9 Å². The Morgan fingerprint density at radius 2 is 1.26 bits per heavy atom. The van der Waals surface area contributed by atoms with Crippen LogP contribution in [-0.2, 0) is 19.6 Å². The Morgan fingerprint density at radius 3 is 1.74 bits per heavy atom. The normalized spacial score (nSPS) is 14.7. The highest BCUT2D eigenvalue weighted by Crippen LogP contribution is 2.28. The lowest BCUT2D eigenvalue weighted by Gasteiger charge is -2.36. The maximum Gasteiger partial charge on any atom is 0.243 e. The summed E-state index contributed by atoms with van der Waals surface area (Å²) >= 11 is 0. The molecule has 176 valence electrons. The number of anilines is 1. The summed E-state index contributed by atoms with van der Waals surface area (Å²) in [6.07, 6.45) is 0. The molecule has 1 aliphatic rings. The van der Waals surface area contributed by atoms with Gasteiger partial charge in [0.1, 0.15) is 0 Å². The average molecular weight is 478 g/mol. The number of nitrogens with zero attached hydrogens (tertiary/aromatic N) is 2. The van der Waals surface area contributed by atoms with Gasteiger partial charge in [-0.15, -0.1) is 0 Å². The minimum absolute atomic E-state index is 0.0332. The van der Waals surface area contributed by atoms with E-state index in [2.05, 4.69) is 5.32 Å². The minimum Gasteiger partial charge on any atom is -0.339 e. The topological polar surface area (TPSA) is 86.8 Å². The zero-order valence-electron chi connectivity index (χ0n) is 18.9. The fourth-order valence-corrected chi connectivity index (χ4v) is 5.58. The summed E-state index contributed by atoms with van der Waals surface area (Å²) in [7, 11) is -3.70. The molecule has 0 aliphatic carbocycles. The molecule has 0 atom stereocenters. The van der Waals surface area contributed by atoms with E-state index in [1.165, 1.54) is 23.4 Å². The van der Waals surface area contributed by atoms with Gasteiger partial charge < -0.3 is 10.2 Å². The van der Waals surface area contributed by atoms with Gasteiger partial charge in [0.25, 0.3) is 0 Å². The summed E-state index contributed by atoms with van der Waals surface area (Å²) in [6.45, 7) is 2.47. The maximum atomic E-state index is 13.6. The predicted molar refractivity (Wildman–Crippen MR) is 131 cm³/mol. The molecule has 1 fully saturated rings. The summed E-state index contributed by atoms with van der Waals surface area (Å²) in [5.74, 6) is -0.693. The van der Waals surface area contributed by atoms with Crippen molar-refractivity contribution >= 4 is 27.5 Å². The van der Waals surface area contributed by atoms with Crippen LogP contribution in [0.1, 0.15) is 24.0 Å². The second-order valence-electron chi connectivity index (χ2n) is 8.19. The van der Waals surface area contributed by atoms with Crippen molar-refractivity contribution in [3.05, 3.63) is 96.1 Å². The number of amides is 2. The van der Waals surface area contributed by atoms with Crippen molar-refractivity contribution in [2.75, 3.05) is 31.5 Å². The SMILES string of the molecule is CC(=O)Nc1ccc(S(=O)(=O)N2CCN(C(=O)C(c3ccccc3)c3ccccc3)CC2)cc1. The van der Waals surface area contributed by atoms with Crippen molar-refractivity contribution in [2.24, 2.45) is 0 Å². The maximum absolute atomic E-state index is 13.6. The number of rotatable bonds is 6. The van der Waals surface area contributed by atoms with Crippen LogP contribution in [0.4, 0.5) is 5.69 Å². The van der Waals surface area contributed by atoms with Crippen LogP contribution >= 0.6 is 0 Å². The van der Waals surface area contributed by atoms with E-state index in [1.54, 1.807) is 17.0 Å². The molecular weight excluding hydrogens is 450 g/mol. The van der Waals surface area contributed by atoms with Crippen molar-refractivity contribution in [3.63, 3.8) is 0 Å². The molecule has 0 unspecified atom stereocenters. The van der Waals surface area contributed by atoms with Crippen molar-refractivity contribution in [3.8, 4) is 0 Å². The molecule has 2 amide bonds. The largest absolute Gasteiger partial charge is 0.339 e. The zero-order chi connectivity index (χ0) is 24.1. The lowest BCUT2D eigenvalue weighted by Crippen LogP contribution is -2.51. The molecule has 1 aliphatic heterocycles. The molecule has 0 aromatic heterocycles. The molecule has 7 nitrogen and oxygen atoms in total. The standard InChI is InChI=1S/C26H27N3O4S/c1-20(30)27-23-12-14-24(15-13-23)34(32,33)29-18-16-28(17-19-29)26(31)25(21-8-4-2-5-9-21)22-10-6-3-7-11-22/h2-15,25H,16-19H2,1H3,(H,27,30). The fraction of sp³-hybridized carbons (Fsp3) is 0.231. The van der Waals surface area contributed by atoms with Crippen LogP contribution in [-0.4, -0.2) is 55.6 Å². The lowest BCUT2D eigenvalue weighted by molar-refractivity contribution is -0.133. The van der Waals surface area contributed by atoms with Crippen molar-refractivity contribution in [1.82, 2.24) is 9.21 Å². The van der Waals surface area contributed by atoms with E-state index in [0.29, 0.717) is 18.8 Å². The Morgan fingerprint density at radius 1 is 0.765 bits per heavy atom. The summed E-state index contributed by atoms with van der Waals surface area (Å²) in [4.78, 5) is 26.7. The molecule has 0 radical (unpaired) electrons. The van der Waals surface area contributed by atoms with Gasteiger partial charge in [0, 0.05) is 38.8 Å². The number of benzene rings is 3. The van der Waals surface area contributed by atoms with Crippen LogP contribution in [0.5, 0.6) is 0 Å². The first kappa shape index (κ1) is 23.7. The van der Waals surface area contributed by atoms with Crippen LogP contribution in [0.15, 0.2) is 89.8 Å². The van der Waals surface area contributed by atoms with Crippen molar-refractivity contribution < 1.29 is 18.0 Å². The van der Waals surface area contributed by atoms with E-state index in [9.17, 15) is 18.0 Å². The molecule has 34 heavy (non-hydrogen) atoms. The van der Waals surface area contributed by atoms with Gasteiger partial charge in [0.15, 0.2) is 0 Å². The summed E-state index contributed by atoms with van der Waals surface area (Å²) in [5.41, 5.74) is 2.36. The Balaban J connectivity index is 1.48. The third-order valence-electron chi connectivity index (χ3n) is 5.88. The highest BCUT2D eigenvalue weighted by atomic mass is 32.2. The van der Waals surface area contributed by atoms with Gasteiger partial charge in [0.2, 0.25) is 21.8 Å². The van der Waals surface area contributed by atoms with Gasteiger partial charge in [-0.25, -0.2) is 8.42 Å². The number of sulfonamides is 1. The predicted octanol–water partition coefficient (Wildman–Crippen LogP) is 3.31. The molecule has 4 rings (SSSR count). The van der Waals surface area contributed by atoms with Crippen LogP contribution in [0.2, 0.25) is 0 Å². The van der Waals surface area contributed by atoms with Crippen LogP contribution in [0.25, 0.3) is 0 Å². The first-order valence-corrected chi connectivity index (χ1v) is 12.6. The van der Waals surface area contributed by atoms with Crippen molar-refractivity contribution in [1.29, 1.82) is 0 Å². The zero-order valence-corrected chi connectivity index (χ0v) is 19.7. The molecule has 1 N–H and O–H groups in total. The van der Waals surface area contributed by atoms with E-state index in [4.69, 9.17) is 0 Å². The molecule has 1 heterocycles. The number of piperazine rings is 1. The second-order valence-corrected chi connectivity index (χ2v) is 10.1. The highest BCUT2D eigenvalue weighted by Gasteiger charge is 2.33. The molecule has 8 heteroatoms. The lowest BCUT2D eigenvalue weighted by atomic mass is 9.90. The number of nitrogens with one attached hydrogen (secondary N) is 1. The number of carbonyl (C=O) groups excluding carboxylic acids is 2. The van der Waals surface area contributed by atoms with Gasteiger partial charge >= 0.3 is 0 Å². The van der Waals surface area contributed by atoms with Gasteiger partial charge in [-0.3, -0.25) is 9.59 Å². The molecule has 0 saturated carbocycles. The Kier molecular flexibility index (Phi) is 7.09. The van der Waals surface area contributed by atoms with Crippen LogP contribution in [0, 0.1) is 0 Å². The molecule has 0 bridgehead atoms. The first-order valence-electron chi connectivity index (χ1n) is 11.1. The van der Waals surface area contributed by atoms with E-state index in [0.717, 1.165) is 11.1 Å². The van der Waals surface area contributed by atoms with E-state index >= 15 is 0 Å². The number of hydrogen-bond donors (Lipinski definition) is 1. The molecule has 1 saturated heterocycles. The van der Waals surface area contributed by atoms with E-state index in [1.807, 2.05) is 60.7 Å². The van der Waals surface area contributed by atoms with Crippen LogP contribution < -0.4 is 5.32 Å². The summed E-state index contributed by atoms with van der Waals surface area (Å²) in [5, 5.41) is 2.63. The number of hydrogen-bond acceptors (Lipinski definition) is 4. The molecule has 3 aromatic rings. The summed E-state index contributed by atoms with van der Waals surface area (Å²) < 4.78 is 27.6. The summed E-state index contributed by atoms with van der Waals surface area (Å²) in [6, 6.07) is 25.4. The average Bonchev–Trinajstić information content (AvgIpc) is 2.85. The smallest absolute Gasteiger partial charge is 0.243 e. The molecule has 0 spiro atoms. The van der Waals surface area contributed by atoms with Gasteiger partial charge in [-0.1, -0.05) is 60.7 Å².